The van der Waals surface area contributed by atoms with Gasteiger partial charge in [0.25, 0.3) is 0 Å². The van der Waals surface area contributed by atoms with Gasteiger partial charge in [-0.3, -0.25) is 4.98 Å². The lowest BCUT2D eigenvalue weighted by molar-refractivity contribution is 0.576. The van der Waals surface area contributed by atoms with E-state index in [1.807, 2.05) is 30.6 Å². The first-order valence-electron chi connectivity index (χ1n) is 7.05. The molecule has 2 aromatic carbocycles. The van der Waals surface area contributed by atoms with E-state index in [-0.39, 0.29) is 6.04 Å². The number of nitrogens with zero attached hydrogens (tertiary/aromatic N) is 1. The average Bonchev–Trinajstić information content (AvgIpc) is 2.53. The van der Waals surface area contributed by atoms with Crippen LogP contribution in [0.1, 0.15) is 24.1 Å². The van der Waals surface area contributed by atoms with Crippen LogP contribution >= 0.6 is 11.6 Å². The number of benzene rings is 2. The molecule has 0 bridgehead atoms. The van der Waals surface area contributed by atoms with E-state index in [1.165, 1.54) is 16.3 Å². The van der Waals surface area contributed by atoms with Crippen molar-refractivity contribution in [3.63, 3.8) is 0 Å². The van der Waals surface area contributed by atoms with Gasteiger partial charge in [0.05, 0.1) is 0 Å². The number of halogens is 1. The molecule has 0 amide bonds. The Balaban J connectivity index is 1.79. The second-order valence-corrected chi connectivity index (χ2v) is 5.55. The Morgan fingerprint density at radius 1 is 1.10 bits per heavy atom. The highest BCUT2D eigenvalue weighted by molar-refractivity contribution is 6.31. The molecule has 1 atom stereocenters. The van der Waals surface area contributed by atoms with Gasteiger partial charge in [0.15, 0.2) is 0 Å². The molecular formula is C18H17ClN2. The lowest BCUT2D eigenvalue weighted by Crippen LogP contribution is -2.18. The monoisotopic (exact) mass is 296 g/mol. The van der Waals surface area contributed by atoms with Crippen LogP contribution in [-0.4, -0.2) is 4.98 Å². The van der Waals surface area contributed by atoms with Crippen molar-refractivity contribution < 1.29 is 0 Å². The van der Waals surface area contributed by atoms with E-state index >= 15 is 0 Å². The maximum Gasteiger partial charge on any atom is 0.0453 e. The fraction of sp³-hybridized carbons (Fsp3) is 0.167. The van der Waals surface area contributed by atoms with Crippen LogP contribution in [0.25, 0.3) is 10.8 Å². The topological polar surface area (TPSA) is 24.9 Å². The van der Waals surface area contributed by atoms with Crippen molar-refractivity contribution in [1.29, 1.82) is 0 Å². The lowest BCUT2D eigenvalue weighted by atomic mass is 10.0. The largest absolute Gasteiger partial charge is 0.306 e. The highest BCUT2D eigenvalue weighted by atomic mass is 35.5. The van der Waals surface area contributed by atoms with E-state index in [4.69, 9.17) is 11.6 Å². The van der Waals surface area contributed by atoms with E-state index in [0.29, 0.717) is 0 Å². The van der Waals surface area contributed by atoms with Crippen molar-refractivity contribution >= 4 is 22.4 Å². The summed E-state index contributed by atoms with van der Waals surface area (Å²) in [6, 6.07) is 16.5. The molecule has 0 saturated carbocycles. The predicted molar refractivity (Wildman–Crippen MR) is 88.4 cm³/mol. The molecule has 0 aliphatic rings. The van der Waals surface area contributed by atoms with Crippen molar-refractivity contribution in [3.05, 3.63) is 77.1 Å². The van der Waals surface area contributed by atoms with Gasteiger partial charge in [0.2, 0.25) is 0 Å². The van der Waals surface area contributed by atoms with Crippen molar-refractivity contribution in [3.8, 4) is 0 Å². The molecule has 1 N–H and O–H groups in total. The molecule has 0 spiro atoms. The van der Waals surface area contributed by atoms with Crippen LogP contribution in [0.4, 0.5) is 0 Å². The molecule has 3 rings (SSSR count). The van der Waals surface area contributed by atoms with E-state index in [2.05, 4.69) is 47.6 Å². The van der Waals surface area contributed by atoms with Crippen LogP contribution in [-0.2, 0) is 6.54 Å². The smallest absolute Gasteiger partial charge is 0.0453 e. The van der Waals surface area contributed by atoms with Gasteiger partial charge in [-0.05, 0) is 35.6 Å². The summed E-state index contributed by atoms with van der Waals surface area (Å²) in [5.41, 5.74) is 2.40. The first-order valence-corrected chi connectivity index (χ1v) is 7.43. The summed E-state index contributed by atoms with van der Waals surface area (Å²) in [5, 5.41) is 6.76. The van der Waals surface area contributed by atoms with Gasteiger partial charge in [0.1, 0.15) is 0 Å². The fourth-order valence-corrected chi connectivity index (χ4v) is 2.84. The number of pyridine rings is 1. The summed E-state index contributed by atoms with van der Waals surface area (Å²) in [5.74, 6) is 0. The molecule has 0 radical (unpaired) electrons. The Kier molecular flexibility index (Phi) is 4.18. The molecule has 2 nitrogen and oxygen atoms in total. The minimum absolute atomic E-state index is 0.204. The van der Waals surface area contributed by atoms with Crippen LogP contribution in [0, 0.1) is 0 Å². The van der Waals surface area contributed by atoms with Crippen LogP contribution in [0.2, 0.25) is 5.02 Å². The van der Waals surface area contributed by atoms with Crippen LogP contribution < -0.4 is 5.32 Å². The highest BCUT2D eigenvalue weighted by Crippen LogP contribution is 2.23. The van der Waals surface area contributed by atoms with Gasteiger partial charge >= 0.3 is 0 Å². The third-order valence-electron chi connectivity index (χ3n) is 3.74. The van der Waals surface area contributed by atoms with Crippen molar-refractivity contribution in [2.75, 3.05) is 0 Å². The number of rotatable bonds is 4. The Morgan fingerprint density at radius 3 is 2.81 bits per heavy atom. The molecule has 106 valence electrons. The molecule has 3 heteroatoms. The second-order valence-electron chi connectivity index (χ2n) is 5.14. The molecule has 0 aliphatic heterocycles. The highest BCUT2D eigenvalue weighted by Gasteiger charge is 2.09. The molecule has 1 heterocycles. The Labute approximate surface area is 129 Å². The first kappa shape index (κ1) is 14.1. The summed E-state index contributed by atoms with van der Waals surface area (Å²) >= 11 is 6.25. The maximum absolute atomic E-state index is 6.25. The van der Waals surface area contributed by atoms with Gasteiger partial charge < -0.3 is 5.32 Å². The summed E-state index contributed by atoms with van der Waals surface area (Å²) in [4.78, 5) is 4.17. The van der Waals surface area contributed by atoms with Gasteiger partial charge in [-0.2, -0.15) is 0 Å². The zero-order valence-corrected chi connectivity index (χ0v) is 12.6. The second kappa shape index (κ2) is 6.25. The zero-order chi connectivity index (χ0) is 14.7. The van der Waals surface area contributed by atoms with Crippen LogP contribution in [0.5, 0.6) is 0 Å². The third-order valence-corrected chi connectivity index (χ3v) is 4.09. The SMILES string of the molecule is C[C@H](NCc1cccc2cnccc12)c1ccccc1Cl. The van der Waals surface area contributed by atoms with E-state index in [0.717, 1.165) is 17.1 Å². The Bertz CT molecular complexity index is 750. The lowest BCUT2D eigenvalue weighted by Gasteiger charge is -2.16. The van der Waals surface area contributed by atoms with Crippen molar-refractivity contribution in [1.82, 2.24) is 10.3 Å². The zero-order valence-electron chi connectivity index (χ0n) is 11.9. The molecule has 0 saturated heterocycles. The maximum atomic E-state index is 6.25. The molecule has 1 aromatic heterocycles. The van der Waals surface area contributed by atoms with E-state index in [9.17, 15) is 0 Å². The third kappa shape index (κ3) is 3.07. The Hall–Kier alpha value is -1.90. The minimum Gasteiger partial charge on any atom is -0.306 e. The molecule has 3 aromatic rings. The van der Waals surface area contributed by atoms with Crippen molar-refractivity contribution in [2.24, 2.45) is 0 Å². The van der Waals surface area contributed by atoms with Crippen LogP contribution in [0.3, 0.4) is 0 Å². The van der Waals surface area contributed by atoms with Gasteiger partial charge in [-0.25, -0.2) is 0 Å². The predicted octanol–water partition coefficient (Wildman–Crippen LogP) is 4.74. The molecule has 0 aliphatic carbocycles. The number of hydrogen-bond acceptors (Lipinski definition) is 2. The Morgan fingerprint density at radius 2 is 1.95 bits per heavy atom. The molecule has 0 unspecified atom stereocenters. The summed E-state index contributed by atoms with van der Waals surface area (Å²) < 4.78 is 0. The summed E-state index contributed by atoms with van der Waals surface area (Å²) in [7, 11) is 0. The van der Waals surface area contributed by atoms with Gasteiger partial charge in [-0.15, -0.1) is 0 Å². The molecule has 21 heavy (non-hydrogen) atoms. The number of nitrogens with one attached hydrogen (secondary N) is 1. The summed E-state index contributed by atoms with van der Waals surface area (Å²) in [6.45, 7) is 2.93. The van der Waals surface area contributed by atoms with Gasteiger partial charge in [0, 0.05) is 35.4 Å². The normalized spacial score (nSPS) is 12.5. The number of fused-ring (bicyclic) bond motifs is 1. The number of hydrogen-bond donors (Lipinski definition) is 1. The standard InChI is InChI=1S/C18H17ClN2/c1-13(16-7-2-3-8-18(16)19)21-12-15-6-4-5-14-11-20-10-9-17(14)15/h2-11,13,21H,12H2,1H3/t13-/m0/s1. The average molecular weight is 297 g/mol. The summed E-state index contributed by atoms with van der Waals surface area (Å²) in [6.07, 6.45) is 3.74. The van der Waals surface area contributed by atoms with Gasteiger partial charge in [-0.1, -0.05) is 48.0 Å². The van der Waals surface area contributed by atoms with Crippen LogP contribution in [0.15, 0.2) is 60.9 Å². The minimum atomic E-state index is 0.204. The first-order chi connectivity index (χ1) is 10.3. The molecule has 0 fully saturated rings. The molecular weight excluding hydrogens is 280 g/mol. The fourth-order valence-electron chi connectivity index (χ4n) is 2.54. The quantitative estimate of drug-likeness (QED) is 0.752. The van der Waals surface area contributed by atoms with E-state index < -0.39 is 0 Å². The van der Waals surface area contributed by atoms with E-state index in [1.54, 1.807) is 0 Å². The number of aromatic nitrogens is 1. The van der Waals surface area contributed by atoms with Crippen molar-refractivity contribution in [2.45, 2.75) is 19.5 Å².